The summed E-state index contributed by atoms with van der Waals surface area (Å²) in [5, 5.41) is 12.2. The summed E-state index contributed by atoms with van der Waals surface area (Å²) in [6.45, 7) is 4.20. The van der Waals surface area contributed by atoms with Crippen molar-refractivity contribution in [3.63, 3.8) is 0 Å². The highest BCUT2D eigenvalue weighted by atomic mass is 16.5. The molecule has 0 saturated heterocycles. The Labute approximate surface area is 209 Å². The van der Waals surface area contributed by atoms with Crippen LogP contribution in [-0.2, 0) is 20.9 Å². The van der Waals surface area contributed by atoms with Crippen molar-refractivity contribution >= 4 is 17.6 Å². The maximum absolute atomic E-state index is 13.1. The van der Waals surface area contributed by atoms with Gasteiger partial charge in [0.15, 0.2) is 29.7 Å². The van der Waals surface area contributed by atoms with Crippen molar-refractivity contribution in [3.05, 3.63) is 89.7 Å². The van der Waals surface area contributed by atoms with Gasteiger partial charge in [0.05, 0.1) is 24.8 Å². The Balaban J connectivity index is 2.08. The highest BCUT2D eigenvalue weighted by molar-refractivity contribution is 5.83. The summed E-state index contributed by atoms with van der Waals surface area (Å²) in [6.07, 6.45) is 0.857. The fourth-order valence-electron chi connectivity index (χ4n) is 3.41. The standard InChI is InChI=1S/C28H26N2O6/c1-3-33-27-24(26(28(32)34-4-2)30-22-12-10-20(18-29)11-13-22)16-23(17-25(27)35-15-14-31)36-19-21-8-6-5-7-9-21/h5-13,15-17,26,30H,3-4,19H2,1-2H3. The highest BCUT2D eigenvalue weighted by Crippen LogP contribution is 2.41. The van der Waals surface area contributed by atoms with E-state index in [1.165, 1.54) is 0 Å². The fourth-order valence-corrected chi connectivity index (χ4v) is 3.41. The lowest BCUT2D eigenvalue weighted by Gasteiger charge is -2.23. The number of anilines is 1. The van der Waals surface area contributed by atoms with Crippen LogP contribution in [0.15, 0.2) is 73.0 Å². The maximum Gasteiger partial charge on any atom is 0.333 e. The number of benzene rings is 3. The molecule has 8 nitrogen and oxygen atoms in total. The Morgan fingerprint density at radius 2 is 1.78 bits per heavy atom. The van der Waals surface area contributed by atoms with Crippen LogP contribution in [0.5, 0.6) is 17.2 Å². The summed E-state index contributed by atoms with van der Waals surface area (Å²) in [4.78, 5) is 24.0. The van der Waals surface area contributed by atoms with Crippen LogP contribution >= 0.6 is 0 Å². The van der Waals surface area contributed by atoms with Gasteiger partial charge in [-0.3, -0.25) is 0 Å². The number of carbonyl (C=O) groups excluding carboxylic acids is 2. The lowest BCUT2D eigenvalue weighted by molar-refractivity contribution is -0.144. The molecule has 3 rings (SSSR count). The molecule has 1 unspecified atom stereocenters. The van der Waals surface area contributed by atoms with Crippen LogP contribution in [0.2, 0.25) is 0 Å². The third kappa shape index (κ3) is 6.89. The number of hydrogen-bond acceptors (Lipinski definition) is 8. The molecule has 0 amide bonds. The summed E-state index contributed by atoms with van der Waals surface area (Å²) in [5.41, 5.74) is 2.40. The van der Waals surface area contributed by atoms with Gasteiger partial charge in [0.2, 0.25) is 0 Å². The average molecular weight is 487 g/mol. The molecule has 0 aromatic heterocycles. The number of carbonyl (C=O) groups is 1. The van der Waals surface area contributed by atoms with Crippen LogP contribution in [0.1, 0.15) is 36.6 Å². The van der Waals surface area contributed by atoms with Crippen molar-refractivity contribution in [1.29, 1.82) is 5.26 Å². The first-order valence-electron chi connectivity index (χ1n) is 11.4. The van der Waals surface area contributed by atoms with Crippen molar-refractivity contribution in [2.24, 2.45) is 0 Å². The predicted molar refractivity (Wildman–Crippen MR) is 133 cm³/mol. The Bertz CT molecular complexity index is 1250. The number of nitrogens with one attached hydrogen (secondary N) is 1. The van der Waals surface area contributed by atoms with E-state index in [0.717, 1.165) is 11.8 Å². The van der Waals surface area contributed by atoms with E-state index in [1.54, 1.807) is 56.2 Å². The molecular weight excluding hydrogens is 460 g/mol. The van der Waals surface area contributed by atoms with E-state index in [0.29, 0.717) is 22.6 Å². The molecule has 1 N–H and O–H groups in total. The molecule has 1 atom stereocenters. The van der Waals surface area contributed by atoms with E-state index in [1.807, 2.05) is 30.3 Å². The normalized spacial score (nSPS) is 10.8. The van der Waals surface area contributed by atoms with Crippen molar-refractivity contribution in [2.45, 2.75) is 26.5 Å². The lowest BCUT2D eigenvalue weighted by atomic mass is 10.0. The number of nitrogens with zero attached hydrogens (tertiary/aromatic N) is 1. The summed E-state index contributed by atoms with van der Waals surface area (Å²) in [6, 6.07) is 20.5. The number of nitriles is 1. The third-order valence-corrected chi connectivity index (χ3v) is 4.99. The second-order valence-corrected chi connectivity index (χ2v) is 7.42. The van der Waals surface area contributed by atoms with Gasteiger partial charge < -0.3 is 24.3 Å². The summed E-state index contributed by atoms with van der Waals surface area (Å²) >= 11 is 0. The zero-order valence-corrected chi connectivity index (χ0v) is 20.0. The first kappa shape index (κ1) is 25.9. The minimum atomic E-state index is -1.01. The molecule has 36 heavy (non-hydrogen) atoms. The van der Waals surface area contributed by atoms with Gasteiger partial charge in [-0.1, -0.05) is 30.3 Å². The van der Waals surface area contributed by atoms with E-state index < -0.39 is 12.0 Å². The smallest absolute Gasteiger partial charge is 0.333 e. The quantitative estimate of drug-likeness (QED) is 0.217. The Morgan fingerprint density at radius 1 is 1.03 bits per heavy atom. The zero-order valence-electron chi connectivity index (χ0n) is 20.0. The Morgan fingerprint density at radius 3 is 2.42 bits per heavy atom. The van der Waals surface area contributed by atoms with Crippen LogP contribution in [0.3, 0.4) is 0 Å². The summed E-state index contributed by atoms with van der Waals surface area (Å²) in [7, 11) is 0. The minimum absolute atomic E-state index is 0.162. The van der Waals surface area contributed by atoms with Gasteiger partial charge in [-0.2, -0.15) is 5.26 Å². The molecule has 0 aliphatic carbocycles. The molecule has 8 heteroatoms. The van der Waals surface area contributed by atoms with Gasteiger partial charge in [-0.05, 0) is 49.7 Å². The van der Waals surface area contributed by atoms with Crippen molar-refractivity contribution in [1.82, 2.24) is 0 Å². The van der Waals surface area contributed by atoms with Gasteiger partial charge in [-0.25, -0.2) is 9.59 Å². The topological polar surface area (TPSA) is 107 Å². The Hall–Kier alpha value is -4.73. The van der Waals surface area contributed by atoms with Crippen LogP contribution in [0.4, 0.5) is 5.69 Å². The number of ether oxygens (including phenoxy) is 4. The lowest BCUT2D eigenvalue weighted by Crippen LogP contribution is -2.24. The van der Waals surface area contributed by atoms with E-state index >= 15 is 0 Å². The van der Waals surface area contributed by atoms with Crippen LogP contribution in [0, 0.1) is 11.3 Å². The number of esters is 1. The van der Waals surface area contributed by atoms with E-state index in [4.69, 9.17) is 24.2 Å². The van der Waals surface area contributed by atoms with Gasteiger partial charge in [0, 0.05) is 17.3 Å². The molecule has 0 aliphatic rings. The first-order valence-corrected chi connectivity index (χ1v) is 11.4. The maximum atomic E-state index is 13.1. The molecule has 0 bridgehead atoms. The van der Waals surface area contributed by atoms with Crippen LogP contribution < -0.4 is 19.5 Å². The molecule has 0 aliphatic heterocycles. The summed E-state index contributed by atoms with van der Waals surface area (Å²) in [5.74, 6) is 1.84. The molecule has 3 aromatic carbocycles. The van der Waals surface area contributed by atoms with Gasteiger partial charge in [0.25, 0.3) is 0 Å². The van der Waals surface area contributed by atoms with Gasteiger partial charge >= 0.3 is 5.97 Å². The van der Waals surface area contributed by atoms with Crippen LogP contribution in [-0.4, -0.2) is 25.1 Å². The summed E-state index contributed by atoms with van der Waals surface area (Å²) < 4.78 is 22.6. The van der Waals surface area contributed by atoms with Crippen molar-refractivity contribution in [3.8, 4) is 23.3 Å². The highest BCUT2D eigenvalue weighted by Gasteiger charge is 2.29. The third-order valence-electron chi connectivity index (χ3n) is 4.99. The van der Waals surface area contributed by atoms with Gasteiger partial charge in [0.1, 0.15) is 12.4 Å². The average Bonchev–Trinajstić information content (AvgIpc) is 2.91. The molecule has 184 valence electrons. The Kier molecular flexibility index (Phi) is 9.51. The molecule has 0 heterocycles. The fraction of sp³-hybridized carbons (Fsp3) is 0.214. The first-order chi connectivity index (χ1) is 17.6. The van der Waals surface area contributed by atoms with Crippen molar-refractivity contribution in [2.75, 3.05) is 18.5 Å². The number of hydrogen-bond donors (Lipinski definition) is 1. The van der Waals surface area contributed by atoms with E-state index in [2.05, 4.69) is 11.4 Å². The number of rotatable bonds is 12. The second kappa shape index (κ2) is 13.2. The minimum Gasteiger partial charge on any atom is -0.490 e. The monoisotopic (exact) mass is 486 g/mol. The van der Waals surface area contributed by atoms with E-state index in [9.17, 15) is 9.59 Å². The largest absolute Gasteiger partial charge is 0.490 e. The van der Waals surface area contributed by atoms with Crippen molar-refractivity contribution < 1.29 is 28.5 Å². The molecule has 0 radical (unpaired) electrons. The van der Waals surface area contributed by atoms with Gasteiger partial charge in [-0.15, -0.1) is 0 Å². The molecular formula is C28H26N2O6. The molecule has 0 saturated carbocycles. The molecule has 0 fully saturated rings. The van der Waals surface area contributed by atoms with E-state index in [-0.39, 0.29) is 31.3 Å². The predicted octanol–water partition coefficient (Wildman–Crippen LogP) is 4.98. The SMILES string of the molecule is CCOC(=O)C(Nc1ccc(C#N)cc1)c1cc(OCc2ccccc2)cc(OC=C=O)c1OCC. The molecule has 0 spiro atoms. The molecule has 3 aromatic rings. The zero-order chi connectivity index (χ0) is 25.8. The second-order valence-electron chi connectivity index (χ2n) is 7.42. The van der Waals surface area contributed by atoms with Crippen LogP contribution in [0.25, 0.3) is 0 Å².